The summed E-state index contributed by atoms with van der Waals surface area (Å²) in [5, 5.41) is 3.64. The number of aryl methyl sites for hydroxylation is 1. The van der Waals surface area contributed by atoms with Crippen molar-refractivity contribution >= 4 is 23.4 Å². The van der Waals surface area contributed by atoms with Gasteiger partial charge in [-0.25, -0.2) is 4.98 Å². The van der Waals surface area contributed by atoms with Crippen molar-refractivity contribution in [3.05, 3.63) is 45.9 Å². The zero-order chi connectivity index (χ0) is 18.7. The Hall–Kier alpha value is -2.28. The van der Waals surface area contributed by atoms with Crippen molar-refractivity contribution in [1.82, 2.24) is 9.55 Å². The van der Waals surface area contributed by atoms with Gasteiger partial charge in [-0.1, -0.05) is 30.8 Å². The molecule has 1 atom stereocenters. The minimum absolute atomic E-state index is 0.0327. The van der Waals surface area contributed by atoms with E-state index in [-0.39, 0.29) is 17.4 Å². The number of rotatable bonds is 5. The molecule has 2 aromatic rings. The Balaban J connectivity index is 1.81. The average molecular weight is 373 g/mol. The average Bonchev–Trinajstić information content (AvgIpc) is 2.63. The summed E-state index contributed by atoms with van der Waals surface area (Å²) in [7, 11) is 0. The second-order valence-electron chi connectivity index (χ2n) is 6.15. The number of para-hydroxylation sites is 2. The van der Waals surface area contributed by atoms with Crippen LogP contribution in [-0.4, -0.2) is 27.8 Å². The molecule has 26 heavy (non-hydrogen) atoms. The van der Waals surface area contributed by atoms with Gasteiger partial charge in [-0.15, -0.1) is 0 Å². The third kappa shape index (κ3) is 3.62. The van der Waals surface area contributed by atoms with Gasteiger partial charge in [0.25, 0.3) is 5.56 Å². The lowest BCUT2D eigenvalue weighted by Crippen LogP contribution is -2.38. The Morgan fingerprint density at radius 1 is 1.38 bits per heavy atom. The summed E-state index contributed by atoms with van der Waals surface area (Å²) >= 11 is 1.46. The number of carbonyl (C=O) groups excluding carboxylic acids is 1. The first-order valence-corrected chi connectivity index (χ1v) is 9.79. The van der Waals surface area contributed by atoms with Crippen molar-refractivity contribution in [3.8, 4) is 5.75 Å². The summed E-state index contributed by atoms with van der Waals surface area (Å²) in [6.07, 6.45) is 0.640. The number of hydrogen-bond donors (Lipinski definition) is 1. The summed E-state index contributed by atoms with van der Waals surface area (Å²) in [5.41, 5.74) is 2.12. The maximum atomic E-state index is 12.8. The first kappa shape index (κ1) is 18.5. The predicted octanol–water partition coefficient (Wildman–Crippen LogP) is 2.87. The van der Waals surface area contributed by atoms with E-state index in [0.29, 0.717) is 41.9 Å². The van der Waals surface area contributed by atoms with Gasteiger partial charge in [0.15, 0.2) is 5.16 Å². The quantitative estimate of drug-likeness (QED) is 0.816. The Labute approximate surface area is 157 Å². The molecule has 6 nitrogen and oxygen atoms in total. The Bertz CT molecular complexity index is 879. The SMILES string of the molecule is CCOc1ccccc1NC(=O)C1CSc2nc(C)c(CC)c(=O)n2C1. The number of aromatic nitrogens is 2. The van der Waals surface area contributed by atoms with Gasteiger partial charge < -0.3 is 10.1 Å². The number of nitrogens with one attached hydrogen (secondary N) is 1. The molecule has 1 aliphatic rings. The number of benzene rings is 1. The Morgan fingerprint density at radius 2 is 2.15 bits per heavy atom. The first-order valence-electron chi connectivity index (χ1n) is 8.80. The van der Waals surface area contributed by atoms with Crippen LogP contribution in [0.2, 0.25) is 0 Å². The van der Waals surface area contributed by atoms with Gasteiger partial charge in [0.1, 0.15) is 5.75 Å². The molecule has 0 aliphatic carbocycles. The zero-order valence-electron chi connectivity index (χ0n) is 15.2. The fourth-order valence-corrected chi connectivity index (χ4v) is 4.17. The van der Waals surface area contributed by atoms with Gasteiger partial charge in [-0.3, -0.25) is 14.2 Å². The van der Waals surface area contributed by atoms with Crippen LogP contribution in [0.3, 0.4) is 0 Å². The fourth-order valence-electron chi connectivity index (χ4n) is 3.05. The van der Waals surface area contributed by atoms with E-state index < -0.39 is 0 Å². The maximum absolute atomic E-state index is 12.8. The normalized spacial score (nSPS) is 16.0. The monoisotopic (exact) mass is 373 g/mol. The standard InChI is InChI=1S/C19H23N3O3S/c1-4-14-12(3)20-19-22(18(14)24)10-13(11-26-19)17(23)21-15-8-6-7-9-16(15)25-5-2/h6-9,13H,4-5,10-11H2,1-3H3,(H,21,23). The van der Waals surface area contributed by atoms with E-state index in [9.17, 15) is 9.59 Å². The smallest absolute Gasteiger partial charge is 0.257 e. The van der Waals surface area contributed by atoms with E-state index in [2.05, 4.69) is 10.3 Å². The van der Waals surface area contributed by atoms with Crippen LogP contribution in [0.15, 0.2) is 34.2 Å². The number of hydrogen-bond acceptors (Lipinski definition) is 5. The highest BCUT2D eigenvalue weighted by Gasteiger charge is 2.28. The van der Waals surface area contributed by atoms with E-state index in [4.69, 9.17) is 4.74 Å². The maximum Gasteiger partial charge on any atom is 0.257 e. The second-order valence-corrected chi connectivity index (χ2v) is 7.14. The molecule has 138 valence electrons. The largest absolute Gasteiger partial charge is 0.492 e. The number of thioether (sulfide) groups is 1. The number of ether oxygens (including phenoxy) is 1. The summed E-state index contributed by atoms with van der Waals surface area (Å²) in [6.45, 7) is 6.60. The molecular formula is C19H23N3O3S. The van der Waals surface area contributed by atoms with Gasteiger partial charge in [-0.2, -0.15) is 0 Å². The lowest BCUT2D eigenvalue weighted by molar-refractivity contribution is -0.119. The summed E-state index contributed by atoms with van der Waals surface area (Å²) in [6, 6.07) is 7.37. The molecular weight excluding hydrogens is 350 g/mol. The van der Waals surface area contributed by atoms with Crippen LogP contribution < -0.4 is 15.6 Å². The van der Waals surface area contributed by atoms with Gasteiger partial charge in [0.2, 0.25) is 5.91 Å². The van der Waals surface area contributed by atoms with Crippen molar-refractivity contribution < 1.29 is 9.53 Å². The number of amides is 1. The fraction of sp³-hybridized carbons (Fsp3) is 0.421. The number of carbonyl (C=O) groups is 1. The molecule has 1 aliphatic heterocycles. The van der Waals surface area contributed by atoms with Crippen molar-refractivity contribution in [3.63, 3.8) is 0 Å². The number of anilines is 1. The molecule has 0 saturated heterocycles. The number of fused-ring (bicyclic) bond motifs is 1. The van der Waals surface area contributed by atoms with Crippen LogP contribution in [-0.2, 0) is 17.8 Å². The molecule has 1 aromatic carbocycles. The molecule has 1 aromatic heterocycles. The van der Waals surface area contributed by atoms with Gasteiger partial charge >= 0.3 is 0 Å². The Kier molecular flexibility index (Phi) is 5.66. The predicted molar refractivity (Wildman–Crippen MR) is 103 cm³/mol. The van der Waals surface area contributed by atoms with E-state index in [1.165, 1.54) is 11.8 Å². The minimum atomic E-state index is -0.297. The molecule has 1 N–H and O–H groups in total. The lowest BCUT2D eigenvalue weighted by atomic mass is 10.1. The molecule has 1 unspecified atom stereocenters. The third-order valence-electron chi connectivity index (χ3n) is 4.42. The molecule has 0 fully saturated rings. The van der Waals surface area contributed by atoms with Crippen LogP contribution in [0.1, 0.15) is 25.1 Å². The van der Waals surface area contributed by atoms with Crippen LogP contribution in [0.25, 0.3) is 0 Å². The summed E-state index contributed by atoms with van der Waals surface area (Å²) in [5.74, 6) is 0.838. The van der Waals surface area contributed by atoms with E-state index >= 15 is 0 Å². The van der Waals surface area contributed by atoms with Gasteiger partial charge in [0, 0.05) is 23.6 Å². The zero-order valence-corrected chi connectivity index (χ0v) is 16.1. The van der Waals surface area contributed by atoms with E-state index in [0.717, 1.165) is 11.3 Å². The van der Waals surface area contributed by atoms with Crippen molar-refractivity contribution in [2.24, 2.45) is 5.92 Å². The van der Waals surface area contributed by atoms with E-state index in [1.54, 1.807) is 4.57 Å². The van der Waals surface area contributed by atoms with Gasteiger partial charge in [0.05, 0.1) is 18.2 Å². The number of nitrogens with zero attached hydrogens (tertiary/aromatic N) is 2. The highest BCUT2D eigenvalue weighted by molar-refractivity contribution is 7.99. The van der Waals surface area contributed by atoms with Crippen LogP contribution >= 0.6 is 11.8 Å². The topological polar surface area (TPSA) is 73.2 Å². The second kappa shape index (κ2) is 7.95. The van der Waals surface area contributed by atoms with Gasteiger partial charge in [-0.05, 0) is 32.4 Å². The van der Waals surface area contributed by atoms with Crippen LogP contribution in [0.5, 0.6) is 5.75 Å². The Morgan fingerprint density at radius 3 is 2.88 bits per heavy atom. The van der Waals surface area contributed by atoms with Crippen molar-refractivity contribution in [1.29, 1.82) is 0 Å². The molecule has 0 radical (unpaired) electrons. The molecule has 0 saturated carbocycles. The highest BCUT2D eigenvalue weighted by Crippen LogP contribution is 2.29. The summed E-state index contributed by atoms with van der Waals surface area (Å²) < 4.78 is 7.20. The third-order valence-corrected chi connectivity index (χ3v) is 5.56. The van der Waals surface area contributed by atoms with Crippen molar-refractivity contribution in [2.45, 2.75) is 38.9 Å². The highest BCUT2D eigenvalue weighted by atomic mass is 32.2. The van der Waals surface area contributed by atoms with E-state index in [1.807, 2.05) is 45.0 Å². The van der Waals surface area contributed by atoms with Crippen LogP contribution in [0.4, 0.5) is 5.69 Å². The molecule has 2 heterocycles. The van der Waals surface area contributed by atoms with Crippen LogP contribution in [0, 0.1) is 12.8 Å². The molecule has 7 heteroatoms. The molecule has 0 spiro atoms. The lowest BCUT2D eigenvalue weighted by Gasteiger charge is -2.25. The first-order chi connectivity index (χ1) is 12.5. The minimum Gasteiger partial charge on any atom is -0.492 e. The summed E-state index contributed by atoms with van der Waals surface area (Å²) in [4.78, 5) is 30.0. The molecule has 1 amide bonds. The van der Waals surface area contributed by atoms with Crippen molar-refractivity contribution in [2.75, 3.05) is 17.7 Å². The molecule has 0 bridgehead atoms. The molecule has 3 rings (SSSR count).